The number of ether oxygens (including phenoxy) is 1. The first-order valence-electron chi connectivity index (χ1n) is 10.0. The van der Waals surface area contributed by atoms with E-state index in [1.54, 1.807) is 23.7 Å². The van der Waals surface area contributed by atoms with Crippen molar-refractivity contribution < 1.29 is 13.9 Å². The number of nitrogens with zero attached hydrogens (tertiary/aromatic N) is 3. The van der Waals surface area contributed by atoms with Crippen LogP contribution >= 0.6 is 11.8 Å². The molecule has 160 valence electrons. The lowest BCUT2D eigenvalue weighted by Gasteiger charge is -2.28. The molecule has 0 spiro atoms. The zero-order valence-corrected chi connectivity index (χ0v) is 18.4. The number of fused-ring (bicyclic) bond motifs is 1. The van der Waals surface area contributed by atoms with E-state index in [1.165, 1.54) is 23.9 Å². The highest BCUT2D eigenvalue weighted by Crippen LogP contribution is 2.37. The summed E-state index contributed by atoms with van der Waals surface area (Å²) < 4.78 is 20.2. The topological polar surface area (TPSA) is 69.0 Å². The first-order chi connectivity index (χ1) is 15.0. The summed E-state index contributed by atoms with van der Waals surface area (Å²) in [5.41, 5.74) is 4.24. The quantitative estimate of drug-likeness (QED) is 0.437. The predicted octanol–water partition coefficient (Wildman–Crippen LogP) is 4.87. The number of aromatic nitrogens is 3. The number of carbonyl (C=O) groups is 1. The molecule has 0 amide bonds. The molecule has 4 rings (SSSR count). The van der Waals surface area contributed by atoms with Crippen LogP contribution in [-0.2, 0) is 15.3 Å². The molecular weight excluding hydrogens is 415 g/mol. The lowest BCUT2D eigenvalue weighted by molar-refractivity contribution is -0.139. The van der Waals surface area contributed by atoms with Crippen molar-refractivity contribution in [3.8, 4) is 0 Å². The van der Waals surface area contributed by atoms with Crippen molar-refractivity contribution in [2.75, 3.05) is 11.9 Å². The molecule has 2 aromatic carbocycles. The largest absolute Gasteiger partial charge is 0.463 e. The Labute approximate surface area is 184 Å². The fourth-order valence-electron chi connectivity index (χ4n) is 3.45. The van der Waals surface area contributed by atoms with Crippen LogP contribution in [0.3, 0.4) is 0 Å². The Morgan fingerprint density at radius 2 is 1.87 bits per heavy atom. The number of aryl methyl sites for hydroxylation is 1. The number of rotatable bonds is 6. The average molecular weight is 439 g/mol. The van der Waals surface area contributed by atoms with Crippen molar-refractivity contribution in [3.63, 3.8) is 0 Å². The Morgan fingerprint density at radius 1 is 1.16 bits per heavy atom. The fraction of sp³-hybridized carbons (Fsp3) is 0.261. The second-order valence-electron chi connectivity index (χ2n) is 7.28. The van der Waals surface area contributed by atoms with Gasteiger partial charge >= 0.3 is 5.97 Å². The van der Waals surface area contributed by atoms with Gasteiger partial charge in [-0.3, -0.25) is 0 Å². The number of anilines is 1. The minimum Gasteiger partial charge on any atom is -0.463 e. The molecular formula is C23H23FN4O2S. The van der Waals surface area contributed by atoms with Gasteiger partial charge in [-0.1, -0.05) is 53.7 Å². The Balaban J connectivity index is 1.67. The van der Waals surface area contributed by atoms with Crippen molar-refractivity contribution in [2.45, 2.75) is 37.7 Å². The summed E-state index contributed by atoms with van der Waals surface area (Å²) in [6.07, 6.45) is 0. The third kappa shape index (κ3) is 4.49. The first kappa shape index (κ1) is 21.1. The van der Waals surface area contributed by atoms with Crippen molar-refractivity contribution in [1.82, 2.24) is 14.8 Å². The molecule has 0 aliphatic carbocycles. The summed E-state index contributed by atoms with van der Waals surface area (Å²) >= 11 is 1.45. The maximum Gasteiger partial charge on any atom is 0.338 e. The minimum atomic E-state index is -0.441. The highest BCUT2D eigenvalue weighted by atomic mass is 32.2. The normalized spacial score (nSPS) is 15.4. The van der Waals surface area contributed by atoms with E-state index in [0.717, 1.165) is 16.7 Å². The van der Waals surface area contributed by atoms with E-state index in [2.05, 4.69) is 15.4 Å². The highest BCUT2D eigenvalue weighted by Gasteiger charge is 2.35. The Kier molecular flexibility index (Phi) is 6.08. The molecule has 31 heavy (non-hydrogen) atoms. The molecule has 1 N–H and O–H groups in total. The van der Waals surface area contributed by atoms with Gasteiger partial charge in [0.15, 0.2) is 0 Å². The first-order valence-corrected chi connectivity index (χ1v) is 11.0. The van der Waals surface area contributed by atoms with Gasteiger partial charge in [-0.25, -0.2) is 13.9 Å². The van der Waals surface area contributed by atoms with Gasteiger partial charge in [-0.15, -0.1) is 5.10 Å². The smallest absolute Gasteiger partial charge is 0.338 e. The highest BCUT2D eigenvalue weighted by molar-refractivity contribution is 7.98. The van der Waals surface area contributed by atoms with E-state index in [4.69, 9.17) is 4.74 Å². The molecule has 0 saturated carbocycles. The maximum absolute atomic E-state index is 13.1. The van der Waals surface area contributed by atoms with Crippen molar-refractivity contribution in [1.29, 1.82) is 0 Å². The van der Waals surface area contributed by atoms with Crippen molar-refractivity contribution in [3.05, 3.63) is 82.3 Å². The summed E-state index contributed by atoms with van der Waals surface area (Å²) in [5, 5.41) is 8.44. The molecule has 8 heteroatoms. The molecule has 1 aliphatic heterocycles. The lowest BCUT2D eigenvalue weighted by Crippen LogP contribution is -2.29. The van der Waals surface area contributed by atoms with Crippen LogP contribution in [0.1, 0.15) is 36.6 Å². The van der Waals surface area contributed by atoms with Gasteiger partial charge in [-0.05, 0) is 44.0 Å². The summed E-state index contributed by atoms with van der Waals surface area (Å²) in [4.78, 5) is 17.4. The SMILES string of the molecule is CCOC(=O)C1=C(C)Nc2nc(SCc3ccc(F)cc3)nn2C1c1ccc(C)cc1. The number of hydrogen-bond donors (Lipinski definition) is 1. The summed E-state index contributed by atoms with van der Waals surface area (Å²) in [7, 11) is 0. The van der Waals surface area contributed by atoms with Gasteiger partial charge in [0.1, 0.15) is 11.9 Å². The van der Waals surface area contributed by atoms with Crippen molar-refractivity contribution >= 4 is 23.7 Å². The van der Waals surface area contributed by atoms with Gasteiger partial charge in [0.25, 0.3) is 0 Å². The molecule has 3 aromatic rings. The Morgan fingerprint density at radius 3 is 2.55 bits per heavy atom. The third-order valence-electron chi connectivity index (χ3n) is 5.00. The zero-order valence-electron chi connectivity index (χ0n) is 17.6. The molecule has 1 atom stereocenters. The van der Waals surface area contributed by atoms with Crippen LogP contribution < -0.4 is 5.32 Å². The molecule has 0 fully saturated rings. The van der Waals surface area contributed by atoms with E-state index in [-0.39, 0.29) is 11.8 Å². The van der Waals surface area contributed by atoms with Crippen molar-refractivity contribution in [2.24, 2.45) is 0 Å². The van der Waals surface area contributed by atoms with Gasteiger partial charge in [0.2, 0.25) is 11.1 Å². The van der Waals surface area contributed by atoms with Crippen LogP contribution in [0.5, 0.6) is 0 Å². The molecule has 0 radical (unpaired) electrons. The third-order valence-corrected chi connectivity index (χ3v) is 5.91. The van der Waals surface area contributed by atoms with Crippen LogP contribution in [0.2, 0.25) is 0 Å². The zero-order chi connectivity index (χ0) is 22.0. The number of halogens is 1. The molecule has 2 heterocycles. The number of carbonyl (C=O) groups excluding carboxylic acids is 1. The molecule has 1 aliphatic rings. The lowest BCUT2D eigenvalue weighted by atomic mass is 9.95. The number of esters is 1. The Bertz CT molecular complexity index is 1120. The number of allylic oxidation sites excluding steroid dienone is 1. The molecule has 1 aromatic heterocycles. The van der Waals surface area contributed by atoms with Crippen LogP contribution in [0.15, 0.2) is 65.0 Å². The monoisotopic (exact) mass is 438 g/mol. The van der Waals surface area contributed by atoms with Gasteiger partial charge in [-0.2, -0.15) is 4.98 Å². The maximum atomic E-state index is 13.1. The number of benzene rings is 2. The molecule has 6 nitrogen and oxygen atoms in total. The fourth-order valence-corrected chi connectivity index (χ4v) is 4.24. The summed E-state index contributed by atoms with van der Waals surface area (Å²) in [6.45, 7) is 5.94. The second-order valence-corrected chi connectivity index (χ2v) is 8.22. The van der Waals surface area contributed by atoms with E-state index in [1.807, 2.05) is 38.1 Å². The predicted molar refractivity (Wildman–Crippen MR) is 118 cm³/mol. The molecule has 1 unspecified atom stereocenters. The van der Waals surface area contributed by atoms with E-state index in [9.17, 15) is 9.18 Å². The van der Waals surface area contributed by atoms with Gasteiger partial charge in [0, 0.05) is 11.4 Å². The van der Waals surface area contributed by atoms with E-state index >= 15 is 0 Å². The van der Waals surface area contributed by atoms with Crippen LogP contribution in [0.25, 0.3) is 0 Å². The second kappa shape index (κ2) is 8.93. The number of thioether (sulfide) groups is 1. The number of hydrogen-bond acceptors (Lipinski definition) is 6. The van der Waals surface area contributed by atoms with Crippen LogP contribution in [-0.4, -0.2) is 27.3 Å². The Hall–Kier alpha value is -3.13. The summed E-state index contributed by atoms with van der Waals surface area (Å²) in [5.74, 6) is 0.538. The standard InChI is InChI=1S/C23H23FN4O2S/c1-4-30-21(29)19-15(3)25-22-26-23(31-13-16-7-11-18(24)12-8-16)27-28(22)20(19)17-9-5-14(2)6-10-17/h5-12,20H,4,13H2,1-3H3,(H,25,26,27). The van der Waals surface area contributed by atoms with Gasteiger partial charge in [0.05, 0.1) is 12.2 Å². The van der Waals surface area contributed by atoms with E-state index < -0.39 is 6.04 Å². The molecule has 0 saturated heterocycles. The number of nitrogens with one attached hydrogen (secondary N) is 1. The van der Waals surface area contributed by atoms with Gasteiger partial charge < -0.3 is 10.1 Å². The van der Waals surface area contributed by atoms with Crippen LogP contribution in [0, 0.1) is 12.7 Å². The average Bonchev–Trinajstić information content (AvgIpc) is 3.15. The van der Waals surface area contributed by atoms with E-state index in [0.29, 0.717) is 34.7 Å². The minimum absolute atomic E-state index is 0.262. The molecule has 0 bridgehead atoms. The van der Waals surface area contributed by atoms with Crippen LogP contribution in [0.4, 0.5) is 10.3 Å². The summed E-state index contributed by atoms with van der Waals surface area (Å²) in [6, 6.07) is 13.9.